The lowest BCUT2D eigenvalue weighted by Crippen LogP contribution is -2.57. The van der Waals surface area contributed by atoms with Gasteiger partial charge in [-0.15, -0.1) is 24.0 Å². The van der Waals surface area contributed by atoms with Crippen LogP contribution in [0.15, 0.2) is 48.0 Å². The maximum Gasteiger partial charge on any atom is 0.239 e. The molecule has 3 heterocycles. The number of aromatic nitrogens is 2. The summed E-state index contributed by atoms with van der Waals surface area (Å²) in [7, 11) is 0. The van der Waals surface area contributed by atoms with Crippen LogP contribution in [0, 0.1) is 0 Å². The first-order chi connectivity index (χ1) is 15.7. The molecule has 2 aromatic rings. The molecule has 0 bridgehead atoms. The van der Waals surface area contributed by atoms with Crippen LogP contribution in [0.2, 0.25) is 0 Å². The first-order valence-corrected chi connectivity index (χ1v) is 11.8. The van der Waals surface area contributed by atoms with E-state index in [0.29, 0.717) is 6.54 Å². The van der Waals surface area contributed by atoms with Gasteiger partial charge in [-0.2, -0.15) is 0 Å². The highest BCUT2D eigenvalue weighted by Gasteiger charge is 2.30. The number of likely N-dealkylation sites (tertiary alicyclic amines) is 1. The van der Waals surface area contributed by atoms with E-state index >= 15 is 0 Å². The quantitative estimate of drug-likeness (QED) is 0.332. The van der Waals surface area contributed by atoms with Crippen molar-refractivity contribution in [1.82, 2.24) is 29.6 Å². The summed E-state index contributed by atoms with van der Waals surface area (Å²) in [6, 6.07) is 8.26. The molecule has 2 aliphatic rings. The lowest BCUT2D eigenvalue weighted by atomic mass is 10.2. The standard InChI is InChI=1S/C24H35N7O.HI/c1-3-26-24(27-18-21-8-4-5-9-22(21)31-13-10-25-19-31)30-16-14-28(15-17-30)20(2)23(32)29-11-6-7-12-29;/h4-5,8-10,13,19-20H,3,6-7,11-12,14-18H2,1-2H3,(H,26,27);1H. The van der Waals surface area contributed by atoms with E-state index in [9.17, 15) is 4.79 Å². The molecule has 1 aromatic heterocycles. The molecule has 2 fully saturated rings. The van der Waals surface area contributed by atoms with E-state index in [1.54, 1.807) is 6.20 Å². The van der Waals surface area contributed by atoms with Crippen LogP contribution in [0.4, 0.5) is 0 Å². The number of halogens is 1. The van der Waals surface area contributed by atoms with Gasteiger partial charge in [-0.1, -0.05) is 18.2 Å². The van der Waals surface area contributed by atoms with Gasteiger partial charge in [0.25, 0.3) is 0 Å². The Morgan fingerprint density at radius 2 is 1.82 bits per heavy atom. The number of carbonyl (C=O) groups excluding carboxylic acids is 1. The molecule has 2 aliphatic heterocycles. The second-order valence-electron chi connectivity index (χ2n) is 8.50. The van der Waals surface area contributed by atoms with Crippen molar-refractivity contribution in [2.45, 2.75) is 39.3 Å². The number of hydrogen-bond acceptors (Lipinski definition) is 4. The number of piperazine rings is 1. The van der Waals surface area contributed by atoms with Gasteiger partial charge in [-0.05, 0) is 38.3 Å². The number of para-hydroxylation sites is 1. The van der Waals surface area contributed by atoms with Crippen LogP contribution in [0.3, 0.4) is 0 Å². The van der Waals surface area contributed by atoms with Gasteiger partial charge >= 0.3 is 0 Å². The Morgan fingerprint density at radius 1 is 1.09 bits per heavy atom. The lowest BCUT2D eigenvalue weighted by Gasteiger charge is -2.39. The Kier molecular flexibility index (Phi) is 9.54. The van der Waals surface area contributed by atoms with Crippen molar-refractivity contribution in [2.24, 2.45) is 4.99 Å². The highest BCUT2D eigenvalue weighted by Crippen LogP contribution is 2.17. The summed E-state index contributed by atoms with van der Waals surface area (Å²) < 4.78 is 2.02. The SMILES string of the molecule is CCNC(=NCc1ccccc1-n1ccnc1)N1CCN(C(C)C(=O)N2CCCC2)CC1.I. The Bertz CT molecular complexity index is 903. The van der Waals surface area contributed by atoms with E-state index in [0.717, 1.165) is 75.9 Å². The summed E-state index contributed by atoms with van der Waals surface area (Å²) in [4.78, 5) is 28.6. The number of nitrogens with one attached hydrogen (secondary N) is 1. The van der Waals surface area contributed by atoms with Gasteiger partial charge in [0.15, 0.2) is 5.96 Å². The Labute approximate surface area is 214 Å². The molecule has 1 aromatic carbocycles. The molecule has 0 saturated carbocycles. The van der Waals surface area contributed by atoms with Crippen LogP contribution in [0.5, 0.6) is 0 Å². The summed E-state index contributed by atoms with van der Waals surface area (Å²) in [6.07, 6.45) is 7.84. The van der Waals surface area contributed by atoms with Crippen molar-refractivity contribution < 1.29 is 4.79 Å². The van der Waals surface area contributed by atoms with E-state index in [2.05, 4.69) is 52.1 Å². The number of benzene rings is 1. The molecule has 1 N–H and O–H groups in total. The number of imidazole rings is 1. The minimum absolute atomic E-state index is 0. The fourth-order valence-electron chi connectivity index (χ4n) is 4.56. The maximum atomic E-state index is 12.8. The van der Waals surface area contributed by atoms with Gasteiger partial charge in [0, 0.05) is 58.2 Å². The van der Waals surface area contributed by atoms with E-state index in [4.69, 9.17) is 4.99 Å². The van der Waals surface area contributed by atoms with Gasteiger partial charge in [0.2, 0.25) is 5.91 Å². The minimum atomic E-state index is -0.0446. The molecule has 0 aliphatic carbocycles. The van der Waals surface area contributed by atoms with E-state index in [1.807, 2.05) is 28.1 Å². The Hall–Kier alpha value is -2.14. The van der Waals surface area contributed by atoms with Gasteiger partial charge < -0.3 is 19.7 Å². The van der Waals surface area contributed by atoms with Crippen molar-refractivity contribution in [2.75, 3.05) is 45.8 Å². The lowest BCUT2D eigenvalue weighted by molar-refractivity contribution is -0.135. The Balaban J connectivity index is 0.00000306. The van der Waals surface area contributed by atoms with Crippen LogP contribution in [0.25, 0.3) is 5.69 Å². The average molecular weight is 566 g/mol. The van der Waals surface area contributed by atoms with Crippen molar-refractivity contribution in [3.63, 3.8) is 0 Å². The van der Waals surface area contributed by atoms with Crippen LogP contribution in [-0.2, 0) is 11.3 Å². The number of amides is 1. The summed E-state index contributed by atoms with van der Waals surface area (Å²) in [6.45, 7) is 10.9. The van der Waals surface area contributed by atoms with Crippen molar-refractivity contribution in [3.8, 4) is 5.69 Å². The molecule has 33 heavy (non-hydrogen) atoms. The van der Waals surface area contributed by atoms with Crippen LogP contribution in [-0.4, -0.2) is 88.0 Å². The predicted octanol–water partition coefficient (Wildman–Crippen LogP) is 2.58. The molecule has 1 unspecified atom stereocenters. The molecule has 1 amide bonds. The number of hydrogen-bond donors (Lipinski definition) is 1. The van der Waals surface area contributed by atoms with Crippen molar-refractivity contribution in [3.05, 3.63) is 48.5 Å². The minimum Gasteiger partial charge on any atom is -0.357 e. The van der Waals surface area contributed by atoms with Gasteiger partial charge in [-0.3, -0.25) is 9.69 Å². The zero-order valence-electron chi connectivity index (χ0n) is 19.7. The molecule has 1 atom stereocenters. The molecule has 8 nitrogen and oxygen atoms in total. The van der Waals surface area contributed by atoms with Crippen LogP contribution >= 0.6 is 24.0 Å². The molecule has 180 valence electrons. The van der Waals surface area contributed by atoms with Gasteiger partial charge in [0.1, 0.15) is 0 Å². The van der Waals surface area contributed by atoms with Crippen molar-refractivity contribution >= 4 is 35.8 Å². The number of aliphatic imine (C=N–C) groups is 1. The normalized spacial score (nSPS) is 18.2. The predicted molar refractivity (Wildman–Crippen MR) is 142 cm³/mol. The van der Waals surface area contributed by atoms with Gasteiger partial charge in [-0.25, -0.2) is 9.98 Å². The zero-order chi connectivity index (χ0) is 22.3. The van der Waals surface area contributed by atoms with Crippen LogP contribution < -0.4 is 5.32 Å². The average Bonchev–Trinajstić information content (AvgIpc) is 3.56. The molecule has 0 spiro atoms. The number of guanidine groups is 1. The summed E-state index contributed by atoms with van der Waals surface area (Å²) in [5.41, 5.74) is 2.26. The monoisotopic (exact) mass is 565 g/mol. The van der Waals surface area contributed by atoms with Crippen LogP contribution in [0.1, 0.15) is 32.3 Å². The Morgan fingerprint density at radius 3 is 2.48 bits per heavy atom. The van der Waals surface area contributed by atoms with Gasteiger partial charge in [0.05, 0.1) is 24.6 Å². The molecule has 9 heteroatoms. The summed E-state index contributed by atoms with van der Waals surface area (Å²) in [5.74, 6) is 1.22. The summed E-state index contributed by atoms with van der Waals surface area (Å²) >= 11 is 0. The van der Waals surface area contributed by atoms with E-state index in [1.165, 1.54) is 0 Å². The number of carbonyl (C=O) groups is 1. The molecular formula is C24H36IN7O. The summed E-state index contributed by atoms with van der Waals surface area (Å²) in [5, 5.41) is 3.45. The third-order valence-corrected chi connectivity index (χ3v) is 6.44. The zero-order valence-corrected chi connectivity index (χ0v) is 22.0. The third-order valence-electron chi connectivity index (χ3n) is 6.44. The maximum absolute atomic E-state index is 12.8. The number of rotatable bonds is 6. The first kappa shape index (κ1) is 25.5. The first-order valence-electron chi connectivity index (χ1n) is 11.8. The largest absolute Gasteiger partial charge is 0.357 e. The topological polar surface area (TPSA) is 69.0 Å². The fourth-order valence-corrected chi connectivity index (χ4v) is 4.56. The molecular weight excluding hydrogens is 529 g/mol. The molecule has 4 rings (SSSR count). The molecule has 2 saturated heterocycles. The number of nitrogens with zero attached hydrogens (tertiary/aromatic N) is 6. The highest BCUT2D eigenvalue weighted by atomic mass is 127. The smallest absolute Gasteiger partial charge is 0.239 e. The van der Waals surface area contributed by atoms with E-state index in [-0.39, 0.29) is 35.9 Å². The molecule has 0 radical (unpaired) electrons. The fraction of sp³-hybridized carbons (Fsp3) is 0.542. The van der Waals surface area contributed by atoms with Crippen molar-refractivity contribution in [1.29, 1.82) is 0 Å². The third kappa shape index (κ3) is 6.26. The van der Waals surface area contributed by atoms with E-state index < -0.39 is 0 Å². The highest BCUT2D eigenvalue weighted by molar-refractivity contribution is 14.0. The second-order valence-corrected chi connectivity index (χ2v) is 8.50. The second kappa shape index (κ2) is 12.4.